The first kappa shape index (κ1) is 17.0. The number of benzene rings is 10. The molecule has 0 atom stereocenters. The lowest BCUT2D eigenvalue weighted by atomic mass is 9.83. The van der Waals surface area contributed by atoms with Crippen LogP contribution in [0.5, 0.6) is 0 Å². The summed E-state index contributed by atoms with van der Waals surface area (Å²) in [5, 5.41) is 0.759. The van der Waals surface area contributed by atoms with Gasteiger partial charge in [0, 0.05) is 10.8 Å². The summed E-state index contributed by atoms with van der Waals surface area (Å²) in [5.41, 5.74) is 1.17. The van der Waals surface area contributed by atoms with E-state index in [1.807, 2.05) is 48.5 Å². The number of fused-ring (bicyclic) bond motifs is 7. The van der Waals surface area contributed by atoms with Crippen LogP contribution in [0.25, 0.3) is 110 Å². The second-order valence-corrected chi connectivity index (χ2v) is 12.6. The largest absolute Gasteiger partial charge is 0.456 e. The van der Waals surface area contributed by atoms with Gasteiger partial charge in [0.05, 0.1) is 24.7 Å². The summed E-state index contributed by atoms with van der Waals surface area (Å²) >= 11 is 0. The molecule has 0 amide bonds. The Balaban J connectivity index is 1.37. The van der Waals surface area contributed by atoms with Gasteiger partial charge < -0.3 is 4.42 Å². The fraction of sp³-hybridized carbons (Fsp3) is 0. The van der Waals surface area contributed by atoms with Crippen LogP contribution in [0.1, 0.15) is 24.7 Å². The summed E-state index contributed by atoms with van der Waals surface area (Å²) in [7, 11) is 0. The first-order chi connectivity index (χ1) is 33.8. The van der Waals surface area contributed by atoms with E-state index < -0.39 is 147 Å². The minimum Gasteiger partial charge on any atom is -0.456 e. The van der Waals surface area contributed by atoms with Gasteiger partial charge in [-0.1, -0.05) is 175 Å². The van der Waals surface area contributed by atoms with Gasteiger partial charge in [0.2, 0.25) is 0 Å². The molecule has 246 valence electrons. The summed E-state index contributed by atoms with van der Waals surface area (Å²) in [6.45, 7) is 0. The van der Waals surface area contributed by atoms with Gasteiger partial charge in [-0.15, -0.1) is 0 Å². The second kappa shape index (κ2) is 11.8. The van der Waals surface area contributed by atoms with E-state index in [9.17, 15) is 9.60 Å². The molecule has 0 N–H and O–H groups in total. The Labute approximate surface area is 332 Å². The van der Waals surface area contributed by atoms with E-state index in [-0.39, 0.29) is 21.9 Å². The second-order valence-electron chi connectivity index (χ2n) is 12.6. The van der Waals surface area contributed by atoms with Crippen molar-refractivity contribution in [2.75, 3.05) is 0 Å². The van der Waals surface area contributed by atoms with Gasteiger partial charge in [0.15, 0.2) is 0 Å². The molecule has 1 nitrogen and oxygen atoms in total. The minimum absolute atomic E-state index is 0.135. The smallest absolute Gasteiger partial charge is 0.136 e. The Morgan fingerprint density at radius 2 is 0.887 bits per heavy atom. The molecule has 0 saturated carbocycles. The van der Waals surface area contributed by atoms with Crippen LogP contribution in [0.4, 0.5) is 0 Å². The highest BCUT2D eigenvalue weighted by Crippen LogP contribution is 2.48. The van der Waals surface area contributed by atoms with Gasteiger partial charge in [0.25, 0.3) is 0 Å². The highest BCUT2D eigenvalue weighted by Gasteiger charge is 2.21. The first-order valence-corrected chi connectivity index (χ1v) is 16.8. The molecule has 11 aromatic rings. The highest BCUT2D eigenvalue weighted by atomic mass is 16.3. The van der Waals surface area contributed by atoms with Crippen molar-refractivity contribution in [3.8, 4) is 44.5 Å². The normalized spacial score (nSPS) is 16.5. The van der Waals surface area contributed by atoms with Gasteiger partial charge in [-0.05, 0) is 106 Å². The van der Waals surface area contributed by atoms with E-state index in [2.05, 4.69) is 6.07 Å². The molecule has 0 aliphatic rings. The molecule has 0 bridgehead atoms. The highest BCUT2D eigenvalue weighted by molar-refractivity contribution is 6.25. The van der Waals surface area contributed by atoms with E-state index in [4.69, 9.17) is 19.5 Å². The summed E-state index contributed by atoms with van der Waals surface area (Å²) in [4.78, 5) is 0. The van der Waals surface area contributed by atoms with Crippen molar-refractivity contribution in [2.45, 2.75) is 0 Å². The quantitative estimate of drug-likeness (QED) is 0.168. The molecule has 0 saturated heterocycles. The van der Waals surface area contributed by atoms with Gasteiger partial charge in [-0.2, -0.15) is 0 Å². The van der Waals surface area contributed by atoms with E-state index in [1.165, 1.54) is 6.07 Å². The molecule has 11 rings (SSSR count). The van der Waals surface area contributed by atoms with Gasteiger partial charge in [-0.3, -0.25) is 0 Å². The lowest BCUT2D eigenvalue weighted by Gasteiger charge is -2.20. The average molecular weight is 691 g/mol. The van der Waals surface area contributed by atoms with Crippen LogP contribution in [0.2, 0.25) is 0 Å². The van der Waals surface area contributed by atoms with Crippen LogP contribution in [0.3, 0.4) is 0 Å². The van der Waals surface area contributed by atoms with Crippen molar-refractivity contribution in [2.24, 2.45) is 0 Å². The summed E-state index contributed by atoms with van der Waals surface area (Å²) < 4.78 is 171. The molecule has 1 heterocycles. The SMILES string of the molecule is [2H]c1cc(-c2cccc3oc4cccc(-c5ccc6ccccc6c5)c4c23)c2c([2H])c([2H])c([2H])c([2H])c2c1-c1c2c([2H])c([2H])c([2H])c([2H])c2c(-c2c([2H])c([2H])c([2H])c([2H])c2[2H])c2c([2H])c([2H])c([2H])c([2H])c12. The summed E-state index contributed by atoms with van der Waals surface area (Å²) in [5.74, 6) is 0. The molecule has 10 aromatic carbocycles. The van der Waals surface area contributed by atoms with Crippen LogP contribution >= 0.6 is 0 Å². The zero-order valence-electron chi connectivity index (χ0n) is 45.5. The van der Waals surface area contributed by atoms with E-state index in [0.717, 1.165) is 21.9 Å². The number of rotatable bonds is 4. The Kier molecular flexibility index (Phi) is 3.79. The zero-order chi connectivity index (χ0) is 50.5. The van der Waals surface area contributed by atoms with Crippen molar-refractivity contribution in [1.29, 1.82) is 0 Å². The van der Waals surface area contributed by atoms with Crippen molar-refractivity contribution in [3.63, 3.8) is 0 Å². The molecule has 0 radical (unpaired) electrons. The van der Waals surface area contributed by atoms with Crippen LogP contribution in [-0.4, -0.2) is 0 Å². The molecule has 0 unspecified atom stereocenters. The zero-order valence-corrected chi connectivity index (χ0v) is 27.5. The van der Waals surface area contributed by atoms with E-state index >= 15 is 0 Å². The standard InChI is InChI=1S/C52H32O/c1-2-15-34(16-3-1)49-42-20-8-10-22-44(42)50(45-23-11-9-21-43(45)49)46-31-30-40(38-18-6-7-19-39(38)46)41-25-13-27-48-52(41)51-37(24-12-26-47(51)53-48)36-29-28-33-14-4-5-17-35(33)32-36/h1-32H/i1D,2D,3D,6D,7D,8D,9D,10D,11D,15D,16D,18D,19D,20D,21D,22D,23D,31D. The van der Waals surface area contributed by atoms with Crippen molar-refractivity contribution in [1.82, 2.24) is 0 Å². The molecule has 0 aliphatic heterocycles. The summed E-state index contributed by atoms with van der Waals surface area (Å²) in [6, 6.07) is 12.3. The third-order valence-electron chi connectivity index (χ3n) is 9.82. The van der Waals surface area contributed by atoms with Gasteiger partial charge >= 0.3 is 0 Å². The lowest BCUT2D eigenvalue weighted by Crippen LogP contribution is -1.92. The molecule has 0 aliphatic carbocycles. The van der Waals surface area contributed by atoms with Crippen LogP contribution in [0.15, 0.2) is 198 Å². The minimum atomic E-state index is -0.834. The number of hydrogen-bond acceptors (Lipinski definition) is 1. The van der Waals surface area contributed by atoms with Crippen molar-refractivity contribution < 1.29 is 29.1 Å². The molecule has 0 fully saturated rings. The molecule has 1 heteroatoms. The predicted molar refractivity (Wildman–Crippen MR) is 225 cm³/mol. The maximum atomic E-state index is 10.0. The van der Waals surface area contributed by atoms with Crippen LogP contribution in [-0.2, 0) is 0 Å². The van der Waals surface area contributed by atoms with E-state index in [0.29, 0.717) is 27.5 Å². The number of hydrogen-bond donors (Lipinski definition) is 0. The van der Waals surface area contributed by atoms with E-state index in [1.54, 1.807) is 24.3 Å². The van der Waals surface area contributed by atoms with Crippen molar-refractivity contribution >= 4 is 65.0 Å². The third kappa shape index (κ3) is 4.58. The third-order valence-corrected chi connectivity index (χ3v) is 9.82. The molecule has 0 spiro atoms. The maximum absolute atomic E-state index is 10.0. The van der Waals surface area contributed by atoms with Gasteiger partial charge in [0.1, 0.15) is 11.2 Å². The molecule has 1 aromatic heterocycles. The Hall–Kier alpha value is -6.96. The molecule has 53 heavy (non-hydrogen) atoms. The first-order valence-electron chi connectivity index (χ1n) is 25.8. The predicted octanol–water partition coefficient (Wildman–Crippen LogP) is 14.9. The Morgan fingerprint density at radius 3 is 1.57 bits per heavy atom. The summed E-state index contributed by atoms with van der Waals surface area (Å²) in [6.07, 6.45) is 0. The lowest BCUT2D eigenvalue weighted by molar-refractivity contribution is 0.669. The van der Waals surface area contributed by atoms with Crippen molar-refractivity contribution in [3.05, 3.63) is 194 Å². The van der Waals surface area contributed by atoms with Crippen LogP contribution < -0.4 is 0 Å². The topological polar surface area (TPSA) is 13.1 Å². The molecular weight excluding hydrogens is 641 g/mol. The average Bonchev–Trinajstić information content (AvgIpc) is 3.77. The monoisotopic (exact) mass is 690 g/mol. The van der Waals surface area contributed by atoms with Crippen LogP contribution in [0, 0.1) is 0 Å². The fourth-order valence-electron chi connectivity index (χ4n) is 7.59. The Morgan fingerprint density at radius 1 is 0.340 bits per heavy atom. The maximum Gasteiger partial charge on any atom is 0.136 e. The Bertz CT molecular complexity index is 4160. The number of furan rings is 1. The molecular formula is C52H32O. The fourth-order valence-corrected chi connectivity index (χ4v) is 7.59. The van der Waals surface area contributed by atoms with Gasteiger partial charge in [-0.25, -0.2) is 0 Å².